The minimum atomic E-state index is 0.662. The zero-order chi connectivity index (χ0) is 17.3. The van der Waals surface area contributed by atoms with Crippen LogP contribution in [0.3, 0.4) is 0 Å². The number of pyridine rings is 1. The predicted molar refractivity (Wildman–Crippen MR) is 97.0 cm³/mol. The van der Waals surface area contributed by atoms with Crippen LogP contribution in [0.2, 0.25) is 0 Å². The van der Waals surface area contributed by atoms with Crippen LogP contribution in [0.1, 0.15) is 0 Å². The van der Waals surface area contributed by atoms with E-state index in [1.54, 1.807) is 29.6 Å². The van der Waals surface area contributed by atoms with Crippen LogP contribution in [0.5, 0.6) is 0 Å². The molecule has 5 rings (SSSR count). The molecule has 0 aliphatic heterocycles. The Morgan fingerprint density at radius 1 is 0.731 bits per heavy atom. The number of hydrogen-bond acceptors (Lipinski definition) is 5. The maximum atomic E-state index is 4.47. The van der Waals surface area contributed by atoms with E-state index in [9.17, 15) is 0 Å². The van der Waals surface area contributed by atoms with Gasteiger partial charge in [0.25, 0.3) is 0 Å². The monoisotopic (exact) mass is 339 g/mol. The van der Waals surface area contributed by atoms with Gasteiger partial charge in [-0.15, -0.1) is 10.2 Å². The highest BCUT2D eigenvalue weighted by atomic mass is 15.4. The summed E-state index contributed by atoms with van der Waals surface area (Å²) < 4.78 is 3.62. The molecule has 0 saturated heterocycles. The molecule has 0 aliphatic carbocycles. The number of benzene rings is 1. The lowest BCUT2D eigenvalue weighted by Crippen LogP contribution is -2.07. The van der Waals surface area contributed by atoms with Crippen molar-refractivity contribution >= 4 is 10.8 Å². The van der Waals surface area contributed by atoms with Crippen LogP contribution in [0.25, 0.3) is 33.8 Å². The van der Waals surface area contributed by atoms with E-state index in [1.807, 2.05) is 59.3 Å². The van der Waals surface area contributed by atoms with Gasteiger partial charge in [-0.25, -0.2) is 9.67 Å². The molecule has 124 valence electrons. The Bertz CT molecular complexity index is 1180. The van der Waals surface area contributed by atoms with Gasteiger partial charge in [-0.3, -0.25) is 9.55 Å². The first-order valence-electron chi connectivity index (χ1n) is 8.11. The van der Waals surface area contributed by atoms with Gasteiger partial charge in [0.15, 0.2) is 11.6 Å². The third kappa shape index (κ3) is 2.26. The van der Waals surface area contributed by atoms with Crippen LogP contribution in [0.15, 0.2) is 79.6 Å². The van der Waals surface area contributed by atoms with E-state index in [4.69, 9.17) is 0 Å². The summed E-state index contributed by atoms with van der Waals surface area (Å²) in [6, 6.07) is 15.7. The maximum Gasteiger partial charge on any atom is 0.184 e. The van der Waals surface area contributed by atoms with Gasteiger partial charge in [0, 0.05) is 29.4 Å². The van der Waals surface area contributed by atoms with Gasteiger partial charge < -0.3 is 0 Å². The summed E-state index contributed by atoms with van der Waals surface area (Å²) in [5.41, 5.74) is 1.69. The summed E-state index contributed by atoms with van der Waals surface area (Å²) in [5.74, 6) is 1.39. The van der Waals surface area contributed by atoms with E-state index < -0.39 is 0 Å². The highest BCUT2D eigenvalue weighted by Gasteiger charge is 2.15. The minimum absolute atomic E-state index is 0.662. The van der Waals surface area contributed by atoms with Crippen molar-refractivity contribution in [2.45, 2.75) is 0 Å². The Balaban J connectivity index is 1.76. The van der Waals surface area contributed by atoms with E-state index in [2.05, 4.69) is 25.3 Å². The molecular formula is C19H13N7. The smallest absolute Gasteiger partial charge is 0.184 e. The van der Waals surface area contributed by atoms with Gasteiger partial charge in [0.05, 0.1) is 17.6 Å². The number of hydrogen-bond donors (Lipinski definition) is 0. The van der Waals surface area contributed by atoms with Gasteiger partial charge in [-0.05, 0) is 18.2 Å². The molecule has 1 aromatic carbocycles. The van der Waals surface area contributed by atoms with E-state index in [-0.39, 0.29) is 0 Å². The summed E-state index contributed by atoms with van der Waals surface area (Å²) in [4.78, 5) is 8.53. The van der Waals surface area contributed by atoms with Crippen LogP contribution >= 0.6 is 0 Å². The zero-order valence-corrected chi connectivity index (χ0v) is 13.6. The van der Waals surface area contributed by atoms with E-state index in [0.29, 0.717) is 5.82 Å². The Morgan fingerprint density at radius 2 is 1.54 bits per heavy atom. The Kier molecular flexibility index (Phi) is 3.28. The molecule has 5 aromatic rings. The summed E-state index contributed by atoms with van der Waals surface area (Å²) in [6.45, 7) is 0. The van der Waals surface area contributed by atoms with Crippen molar-refractivity contribution in [3.63, 3.8) is 0 Å². The average molecular weight is 339 g/mol. The molecule has 26 heavy (non-hydrogen) atoms. The summed E-state index contributed by atoms with van der Waals surface area (Å²) in [6.07, 6.45) is 8.78. The molecule has 0 amide bonds. The fourth-order valence-corrected chi connectivity index (χ4v) is 2.99. The molecule has 0 bridgehead atoms. The standard InChI is InChI=1S/C19H13N7/c1-2-6-15-14(5-1)18(25-12-11-20-13-25)23-24-19(15)26-17(8-10-22-26)16-7-3-4-9-21-16/h1-13H. The molecule has 0 aliphatic rings. The lowest BCUT2D eigenvalue weighted by molar-refractivity contribution is 0.816. The lowest BCUT2D eigenvalue weighted by Gasteiger charge is -2.11. The van der Waals surface area contributed by atoms with Crippen molar-refractivity contribution in [1.82, 2.24) is 34.5 Å². The van der Waals surface area contributed by atoms with Crippen LogP contribution in [-0.2, 0) is 0 Å². The van der Waals surface area contributed by atoms with Crippen molar-refractivity contribution < 1.29 is 0 Å². The quantitative estimate of drug-likeness (QED) is 0.505. The lowest BCUT2D eigenvalue weighted by atomic mass is 10.1. The highest BCUT2D eigenvalue weighted by molar-refractivity contribution is 5.93. The normalized spacial score (nSPS) is 11.1. The number of fused-ring (bicyclic) bond motifs is 1. The molecule has 7 nitrogen and oxygen atoms in total. The molecule has 7 heteroatoms. The molecule has 0 saturated carbocycles. The second kappa shape index (κ2) is 5.89. The molecule has 0 atom stereocenters. The summed E-state index contributed by atoms with van der Waals surface area (Å²) >= 11 is 0. The Morgan fingerprint density at radius 3 is 2.31 bits per heavy atom. The SMILES string of the molecule is c1ccc(-c2ccnn2-c2nnc(-n3ccnc3)c3ccccc23)nc1. The number of rotatable bonds is 3. The summed E-state index contributed by atoms with van der Waals surface area (Å²) in [7, 11) is 0. The molecule has 4 aromatic heterocycles. The predicted octanol–water partition coefficient (Wildman–Crippen LogP) is 3.06. The van der Waals surface area contributed by atoms with Crippen LogP contribution in [-0.4, -0.2) is 34.5 Å². The van der Waals surface area contributed by atoms with E-state index in [1.165, 1.54) is 0 Å². The molecule has 0 N–H and O–H groups in total. The first-order valence-corrected chi connectivity index (χ1v) is 8.11. The first kappa shape index (κ1) is 14.5. The topological polar surface area (TPSA) is 74.3 Å². The van der Waals surface area contributed by atoms with Gasteiger partial charge in [0.2, 0.25) is 0 Å². The van der Waals surface area contributed by atoms with Crippen LogP contribution in [0, 0.1) is 0 Å². The maximum absolute atomic E-state index is 4.47. The minimum Gasteiger partial charge on any atom is -0.288 e. The van der Waals surface area contributed by atoms with E-state index in [0.717, 1.165) is 28.0 Å². The van der Waals surface area contributed by atoms with Gasteiger partial charge in [0.1, 0.15) is 6.33 Å². The number of nitrogens with zero attached hydrogens (tertiary/aromatic N) is 7. The molecular weight excluding hydrogens is 326 g/mol. The largest absolute Gasteiger partial charge is 0.288 e. The molecule has 4 heterocycles. The number of imidazole rings is 1. The zero-order valence-electron chi connectivity index (χ0n) is 13.6. The third-order valence-electron chi connectivity index (χ3n) is 4.17. The van der Waals surface area contributed by atoms with Crippen LogP contribution in [0.4, 0.5) is 0 Å². The molecule has 0 fully saturated rings. The van der Waals surface area contributed by atoms with Crippen LogP contribution < -0.4 is 0 Å². The second-order valence-electron chi connectivity index (χ2n) is 5.71. The fraction of sp³-hybridized carbons (Fsp3) is 0. The van der Waals surface area contributed by atoms with E-state index >= 15 is 0 Å². The third-order valence-corrected chi connectivity index (χ3v) is 4.17. The molecule has 0 unspecified atom stereocenters. The fourth-order valence-electron chi connectivity index (χ4n) is 2.99. The Hall–Kier alpha value is -3.87. The molecule has 0 spiro atoms. The van der Waals surface area contributed by atoms with Gasteiger partial charge in [-0.2, -0.15) is 5.10 Å². The van der Waals surface area contributed by atoms with Crippen molar-refractivity contribution in [2.24, 2.45) is 0 Å². The van der Waals surface area contributed by atoms with Crippen molar-refractivity contribution in [3.05, 3.63) is 79.6 Å². The van der Waals surface area contributed by atoms with Gasteiger partial charge in [-0.1, -0.05) is 30.3 Å². The summed E-state index contributed by atoms with van der Waals surface area (Å²) in [5, 5.41) is 15.3. The van der Waals surface area contributed by atoms with Crippen molar-refractivity contribution in [1.29, 1.82) is 0 Å². The van der Waals surface area contributed by atoms with Crippen molar-refractivity contribution in [2.75, 3.05) is 0 Å². The van der Waals surface area contributed by atoms with Crippen molar-refractivity contribution in [3.8, 4) is 23.0 Å². The number of aromatic nitrogens is 7. The highest BCUT2D eigenvalue weighted by Crippen LogP contribution is 2.27. The average Bonchev–Trinajstić information content (AvgIpc) is 3.40. The Labute approximate surface area is 148 Å². The molecule has 0 radical (unpaired) electrons. The first-order chi connectivity index (χ1) is 12.9. The second-order valence-corrected chi connectivity index (χ2v) is 5.71. The van der Waals surface area contributed by atoms with Gasteiger partial charge >= 0.3 is 0 Å².